The summed E-state index contributed by atoms with van der Waals surface area (Å²) in [5.41, 5.74) is 7.11. The molecule has 0 saturated heterocycles. The van der Waals surface area contributed by atoms with Gasteiger partial charge in [0.05, 0.1) is 0 Å². The summed E-state index contributed by atoms with van der Waals surface area (Å²) in [7, 11) is 0. The summed E-state index contributed by atoms with van der Waals surface area (Å²) in [5, 5.41) is 16.6. The maximum atomic E-state index is 9.98. The molecular weight excluding hydrogens is 785 g/mol. The monoisotopic (exact) mass is 824 g/mol. The summed E-state index contributed by atoms with van der Waals surface area (Å²) in [6, 6.07) is 27.9. The molecule has 2 aromatic carbocycles. The average Bonchev–Trinajstić information content (AvgIpc) is 3.66. The molecule has 0 N–H and O–H groups in total. The normalized spacial score (nSPS) is 11.6. The van der Waals surface area contributed by atoms with Gasteiger partial charge in [-0.1, -0.05) is 60.6 Å². The fourth-order valence-corrected chi connectivity index (χ4v) is 6.15. The Morgan fingerprint density at radius 1 is 0.696 bits per heavy atom. The minimum atomic E-state index is -0.187. The number of fused-ring (bicyclic) bond motifs is 2. The van der Waals surface area contributed by atoms with E-state index in [-0.39, 0.29) is 42.5 Å². The summed E-state index contributed by atoms with van der Waals surface area (Å²) in [4.78, 5) is 19.0. The van der Waals surface area contributed by atoms with E-state index in [0.717, 1.165) is 28.6 Å². The van der Waals surface area contributed by atoms with Gasteiger partial charge in [-0.25, -0.2) is 0 Å². The molecule has 0 atom stereocenters. The van der Waals surface area contributed by atoms with Gasteiger partial charge in [0.25, 0.3) is 0 Å². The molecule has 0 unspecified atom stereocenters. The standard InChI is InChI=1S/2C17H16NS.C5H8O2.Ir/c2*1-17(2,3)13-6-4-12(5-7-13)16-14-9-11-19-15(14)8-10-18-16;1-4(6)3-5(2)7;/h2*4,6-11H,1-3H3;3,6H,1-2H3;/q2*-1;;+3/p-1. The Labute approximate surface area is 294 Å². The summed E-state index contributed by atoms with van der Waals surface area (Å²) < 4.78 is 2.55. The van der Waals surface area contributed by atoms with Crippen molar-refractivity contribution in [2.24, 2.45) is 0 Å². The van der Waals surface area contributed by atoms with Gasteiger partial charge in [-0.2, -0.15) is 0 Å². The number of aromatic nitrogens is 2. The Morgan fingerprint density at radius 2 is 1.11 bits per heavy atom. The summed E-state index contributed by atoms with van der Waals surface area (Å²) in [5.74, 6) is -0.375. The first-order valence-electron chi connectivity index (χ1n) is 14.8. The van der Waals surface area contributed by atoms with Crippen molar-refractivity contribution in [1.82, 2.24) is 9.97 Å². The number of nitrogens with zero attached hydrogens (tertiary/aromatic N) is 2. The van der Waals surface area contributed by atoms with Gasteiger partial charge in [-0.15, -0.1) is 99.2 Å². The molecular formula is C39H39IrN2O2S2. The summed E-state index contributed by atoms with van der Waals surface area (Å²) in [6.07, 6.45) is 4.80. The number of benzene rings is 2. The largest absolute Gasteiger partial charge is 3.00 e. The van der Waals surface area contributed by atoms with E-state index in [1.807, 2.05) is 12.4 Å². The van der Waals surface area contributed by atoms with Gasteiger partial charge in [0, 0.05) is 21.8 Å². The van der Waals surface area contributed by atoms with Crippen molar-refractivity contribution in [2.75, 3.05) is 0 Å². The van der Waals surface area contributed by atoms with E-state index in [4.69, 9.17) is 0 Å². The molecule has 0 aliphatic rings. The van der Waals surface area contributed by atoms with Crippen molar-refractivity contribution in [3.05, 3.63) is 119 Å². The van der Waals surface area contributed by atoms with Crippen molar-refractivity contribution in [2.45, 2.75) is 66.2 Å². The number of carbonyl (C=O) groups is 1. The van der Waals surface area contributed by atoms with E-state index in [9.17, 15) is 9.90 Å². The Hall–Kier alpha value is -3.48. The van der Waals surface area contributed by atoms with Gasteiger partial charge in [0.1, 0.15) is 0 Å². The maximum absolute atomic E-state index is 9.98. The minimum absolute atomic E-state index is 0. The van der Waals surface area contributed by atoms with Crippen molar-refractivity contribution in [1.29, 1.82) is 0 Å². The Bertz CT molecular complexity index is 1780. The molecule has 46 heavy (non-hydrogen) atoms. The fraction of sp³-hybridized carbons (Fsp3) is 0.256. The molecule has 0 bridgehead atoms. The van der Waals surface area contributed by atoms with E-state index >= 15 is 0 Å². The predicted molar refractivity (Wildman–Crippen MR) is 190 cm³/mol. The van der Waals surface area contributed by atoms with Gasteiger partial charge in [-0.05, 0) is 68.9 Å². The molecule has 0 aliphatic heterocycles. The topological polar surface area (TPSA) is 65.9 Å². The minimum Gasteiger partial charge on any atom is -0.876 e. The molecule has 0 amide bonds. The molecule has 6 aromatic rings. The second-order valence-electron chi connectivity index (χ2n) is 12.8. The second kappa shape index (κ2) is 15.9. The number of carbonyl (C=O) groups excluding carboxylic acids is 1. The number of thiophene rings is 2. The zero-order chi connectivity index (χ0) is 32.8. The molecule has 7 heteroatoms. The van der Waals surface area contributed by atoms with E-state index in [0.29, 0.717) is 0 Å². The molecule has 4 aromatic heterocycles. The smallest absolute Gasteiger partial charge is 0.876 e. The van der Waals surface area contributed by atoms with Crippen LogP contribution in [0, 0.1) is 12.1 Å². The SMILES string of the molecule is CC(=O)C=C(C)[O-].CC(C)(C)c1c[c-]c(-c2nccc3sccc23)cc1.CC(C)(C)c1c[c-]c(-c2nccc3sccc23)cc1.[Ir+3]. The van der Waals surface area contributed by atoms with Crippen LogP contribution in [0.4, 0.5) is 0 Å². The van der Waals surface area contributed by atoms with E-state index in [1.54, 1.807) is 22.7 Å². The van der Waals surface area contributed by atoms with Crippen molar-refractivity contribution in [3.8, 4) is 22.5 Å². The van der Waals surface area contributed by atoms with Crippen LogP contribution in [0.2, 0.25) is 0 Å². The molecule has 0 saturated carbocycles. The molecule has 0 fully saturated rings. The van der Waals surface area contributed by atoms with Crippen molar-refractivity contribution < 1.29 is 30.0 Å². The first-order chi connectivity index (χ1) is 21.2. The zero-order valence-electron chi connectivity index (χ0n) is 27.5. The van der Waals surface area contributed by atoms with Crippen molar-refractivity contribution in [3.63, 3.8) is 0 Å². The van der Waals surface area contributed by atoms with Gasteiger partial charge in [0.2, 0.25) is 0 Å². The Morgan fingerprint density at radius 3 is 1.39 bits per heavy atom. The van der Waals surface area contributed by atoms with Gasteiger partial charge in [0.15, 0.2) is 5.78 Å². The van der Waals surface area contributed by atoms with Crippen LogP contribution in [0.25, 0.3) is 42.7 Å². The van der Waals surface area contributed by atoms with Crippen molar-refractivity contribution >= 4 is 48.6 Å². The van der Waals surface area contributed by atoms with Gasteiger partial charge >= 0.3 is 20.1 Å². The molecule has 238 valence electrons. The van der Waals surface area contributed by atoms with Gasteiger partial charge < -0.3 is 15.1 Å². The number of hydrogen-bond acceptors (Lipinski definition) is 6. The number of rotatable bonds is 3. The van der Waals surface area contributed by atoms with E-state index in [2.05, 4.69) is 135 Å². The Balaban J connectivity index is 0.000000205. The first-order valence-corrected chi connectivity index (χ1v) is 16.6. The molecule has 0 aliphatic carbocycles. The quantitative estimate of drug-likeness (QED) is 0.101. The molecule has 0 radical (unpaired) electrons. The number of allylic oxidation sites excluding steroid dienone is 2. The molecule has 6 rings (SSSR count). The van der Waals surface area contributed by atoms with Crippen LogP contribution in [0.1, 0.15) is 66.5 Å². The van der Waals surface area contributed by atoms with Gasteiger partial charge in [-0.3, -0.25) is 4.79 Å². The number of hydrogen-bond donors (Lipinski definition) is 0. The van der Waals surface area contributed by atoms with Crippen LogP contribution in [0.3, 0.4) is 0 Å². The molecule has 4 heterocycles. The second-order valence-corrected chi connectivity index (χ2v) is 14.7. The zero-order valence-corrected chi connectivity index (χ0v) is 31.5. The predicted octanol–water partition coefficient (Wildman–Crippen LogP) is 9.96. The van der Waals surface area contributed by atoms with Crippen LogP contribution in [0.5, 0.6) is 0 Å². The third-order valence-electron chi connectivity index (χ3n) is 7.03. The van der Waals surface area contributed by atoms with E-state index in [1.165, 1.54) is 45.1 Å². The maximum Gasteiger partial charge on any atom is 3.00 e. The molecule has 0 spiro atoms. The molecule has 4 nitrogen and oxygen atoms in total. The number of ketones is 1. The summed E-state index contributed by atoms with van der Waals surface area (Å²) in [6.45, 7) is 16.0. The number of pyridine rings is 2. The van der Waals surface area contributed by atoms with Crippen LogP contribution in [0.15, 0.2) is 95.7 Å². The van der Waals surface area contributed by atoms with Crippen LogP contribution in [-0.4, -0.2) is 15.8 Å². The third-order valence-corrected chi connectivity index (χ3v) is 8.80. The van der Waals surface area contributed by atoms with Crippen LogP contribution >= 0.6 is 22.7 Å². The third kappa shape index (κ3) is 9.76. The summed E-state index contributed by atoms with van der Waals surface area (Å²) >= 11 is 3.50. The van der Waals surface area contributed by atoms with Crippen LogP contribution in [-0.2, 0) is 35.7 Å². The first kappa shape index (κ1) is 37.0. The fourth-order valence-electron chi connectivity index (χ4n) is 4.58. The van der Waals surface area contributed by atoms with Crippen LogP contribution < -0.4 is 5.11 Å². The average molecular weight is 824 g/mol. The van der Waals surface area contributed by atoms with E-state index < -0.39 is 0 Å². The Kier molecular flexibility index (Phi) is 12.8.